The fraction of sp³-hybridized carbons (Fsp3) is 0.545. The third-order valence-electron chi connectivity index (χ3n) is 1.97. The molecule has 4 heteroatoms. The molecular weight excluding hydrogens is 208 g/mol. The Morgan fingerprint density at radius 2 is 2.13 bits per heavy atom. The molecule has 0 bridgehead atoms. The van der Waals surface area contributed by atoms with Gasteiger partial charge in [-0.15, -0.1) is 0 Å². The van der Waals surface area contributed by atoms with Crippen molar-refractivity contribution in [1.82, 2.24) is 9.71 Å². The van der Waals surface area contributed by atoms with E-state index in [-0.39, 0.29) is 12.2 Å². The Morgan fingerprint density at radius 1 is 1.47 bits per heavy atom. The lowest BCUT2D eigenvalue weighted by atomic mass is 10.2. The van der Waals surface area contributed by atoms with E-state index in [1.807, 2.05) is 45.9 Å². The molecule has 0 radical (unpaired) electrons. The molecule has 1 rings (SSSR count). The van der Waals surface area contributed by atoms with E-state index in [9.17, 15) is 4.21 Å². The van der Waals surface area contributed by atoms with E-state index in [0.717, 1.165) is 5.69 Å². The molecule has 0 saturated heterocycles. The van der Waals surface area contributed by atoms with Crippen molar-refractivity contribution in [3.63, 3.8) is 0 Å². The Bertz CT molecular complexity index is 338. The maximum Gasteiger partial charge on any atom is 0.0976 e. The molecule has 0 aromatic carbocycles. The third-order valence-corrected chi connectivity index (χ3v) is 3.65. The first-order valence-electron chi connectivity index (χ1n) is 5.00. The van der Waals surface area contributed by atoms with Crippen molar-refractivity contribution >= 4 is 11.0 Å². The van der Waals surface area contributed by atoms with Crippen LogP contribution in [-0.4, -0.2) is 13.9 Å². The van der Waals surface area contributed by atoms with Gasteiger partial charge in [-0.1, -0.05) is 6.07 Å². The van der Waals surface area contributed by atoms with E-state index in [1.165, 1.54) is 0 Å². The van der Waals surface area contributed by atoms with Gasteiger partial charge in [-0.05, 0) is 39.8 Å². The zero-order valence-corrected chi connectivity index (χ0v) is 10.5. The molecule has 1 unspecified atom stereocenters. The van der Waals surface area contributed by atoms with Crippen LogP contribution >= 0.6 is 0 Å². The van der Waals surface area contributed by atoms with Crippen molar-refractivity contribution < 1.29 is 5.64 Å². The molecule has 1 aromatic rings. The quantitative estimate of drug-likeness (QED) is 0.863. The van der Waals surface area contributed by atoms with Crippen molar-refractivity contribution in [1.29, 1.82) is 0 Å². The summed E-state index contributed by atoms with van der Waals surface area (Å²) in [6, 6.07) is 5.74. The van der Waals surface area contributed by atoms with Crippen LogP contribution in [0, 0.1) is 0 Å². The molecule has 3 nitrogen and oxygen atoms in total. The number of rotatable bonds is 3. The van der Waals surface area contributed by atoms with E-state index in [2.05, 4.69) is 9.71 Å². The van der Waals surface area contributed by atoms with Crippen LogP contribution in [0.15, 0.2) is 24.4 Å². The molecule has 1 aromatic heterocycles. The Hall–Kier alpha value is -0.740. The molecule has 0 spiro atoms. The lowest BCUT2D eigenvalue weighted by Gasteiger charge is -2.21. The van der Waals surface area contributed by atoms with Crippen LogP contribution in [0.2, 0.25) is 0 Å². The molecule has 0 amide bonds. The summed E-state index contributed by atoms with van der Waals surface area (Å²) in [4.78, 5) is 4.22. The number of aromatic nitrogens is 1. The summed E-state index contributed by atoms with van der Waals surface area (Å²) in [5.74, 6) is 0. The van der Waals surface area contributed by atoms with Crippen LogP contribution in [0.25, 0.3) is 0 Å². The minimum Gasteiger partial charge on any atom is -0.260 e. The van der Waals surface area contributed by atoms with Gasteiger partial charge in [-0.3, -0.25) is 4.98 Å². The van der Waals surface area contributed by atoms with Gasteiger partial charge in [0.05, 0.1) is 27.5 Å². The van der Waals surface area contributed by atoms with Gasteiger partial charge in [-0.2, -0.15) is 0 Å². The van der Waals surface area contributed by atoms with Gasteiger partial charge in [-0.25, -0.2) is 8.93 Å². The number of nitrogens with one attached hydrogen (secondary N) is 1. The second-order valence-corrected chi connectivity index (χ2v) is 6.47. The molecule has 2 atom stereocenters. The fourth-order valence-corrected chi connectivity index (χ4v) is 1.83. The summed E-state index contributed by atoms with van der Waals surface area (Å²) >= 11 is 0. The SMILES string of the molecule is C[C@H](NS(=O)C(C)(C)C)c1ccccn1.[HH]. The Kier molecular flexibility index (Phi) is 3.99. The largest absolute Gasteiger partial charge is 0.260 e. The summed E-state index contributed by atoms with van der Waals surface area (Å²) in [6.07, 6.45) is 1.74. The van der Waals surface area contributed by atoms with Crippen LogP contribution in [-0.2, 0) is 11.0 Å². The van der Waals surface area contributed by atoms with Crippen LogP contribution in [0.4, 0.5) is 0 Å². The van der Waals surface area contributed by atoms with Crippen molar-refractivity contribution in [3.05, 3.63) is 30.1 Å². The Morgan fingerprint density at radius 3 is 2.60 bits per heavy atom. The maximum absolute atomic E-state index is 11.8. The van der Waals surface area contributed by atoms with Gasteiger partial charge < -0.3 is 0 Å². The minimum absolute atomic E-state index is 0. The van der Waals surface area contributed by atoms with Gasteiger partial charge >= 0.3 is 0 Å². The first kappa shape index (κ1) is 12.3. The molecule has 0 aliphatic heterocycles. The van der Waals surface area contributed by atoms with E-state index in [4.69, 9.17) is 0 Å². The summed E-state index contributed by atoms with van der Waals surface area (Å²) < 4.78 is 14.6. The number of pyridine rings is 1. The van der Waals surface area contributed by atoms with E-state index >= 15 is 0 Å². The highest BCUT2D eigenvalue weighted by Gasteiger charge is 2.21. The molecule has 0 saturated carbocycles. The molecule has 0 aliphatic carbocycles. The summed E-state index contributed by atoms with van der Waals surface area (Å²) in [7, 11) is -1.06. The lowest BCUT2D eigenvalue weighted by molar-refractivity contribution is 0.611. The Labute approximate surface area is 95.4 Å². The second-order valence-electron chi connectivity index (χ2n) is 4.48. The van der Waals surface area contributed by atoms with Gasteiger partial charge in [0.2, 0.25) is 0 Å². The topological polar surface area (TPSA) is 42.0 Å². The van der Waals surface area contributed by atoms with Gasteiger partial charge in [0, 0.05) is 7.62 Å². The molecule has 0 fully saturated rings. The Balaban J connectivity index is 0.00000225. The number of hydrogen-bond acceptors (Lipinski definition) is 2. The predicted octanol–water partition coefficient (Wildman–Crippen LogP) is 2.44. The zero-order chi connectivity index (χ0) is 11.5. The van der Waals surface area contributed by atoms with Crippen molar-refractivity contribution in [2.24, 2.45) is 0 Å². The fourth-order valence-electron chi connectivity index (χ4n) is 1.03. The third kappa shape index (κ3) is 3.72. The predicted molar refractivity (Wildman–Crippen MR) is 65.8 cm³/mol. The van der Waals surface area contributed by atoms with Crippen molar-refractivity contribution in [3.8, 4) is 0 Å². The number of nitrogens with zero attached hydrogens (tertiary/aromatic N) is 1. The second kappa shape index (κ2) is 4.86. The van der Waals surface area contributed by atoms with Crippen LogP contribution in [0.5, 0.6) is 0 Å². The van der Waals surface area contributed by atoms with Crippen molar-refractivity contribution in [2.75, 3.05) is 0 Å². The molecular formula is C11H20N2OS. The van der Waals surface area contributed by atoms with Gasteiger partial charge in [0.25, 0.3) is 0 Å². The molecule has 15 heavy (non-hydrogen) atoms. The van der Waals surface area contributed by atoms with Gasteiger partial charge in [0.15, 0.2) is 0 Å². The molecule has 1 N–H and O–H groups in total. The summed E-state index contributed by atoms with van der Waals surface area (Å²) in [5.41, 5.74) is 0.912. The van der Waals surface area contributed by atoms with Crippen LogP contribution in [0.3, 0.4) is 0 Å². The smallest absolute Gasteiger partial charge is 0.0976 e. The van der Waals surface area contributed by atoms with Crippen LogP contribution in [0.1, 0.15) is 40.9 Å². The highest BCUT2D eigenvalue weighted by atomic mass is 32.2. The lowest BCUT2D eigenvalue weighted by Crippen LogP contribution is -2.35. The normalized spacial score (nSPS) is 16.0. The van der Waals surface area contributed by atoms with Crippen LogP contribution < -0.4 is 4.72 Å². The molecule has 0 aliphatic rings. The average molecular weight is 228 g/mol. The first-order chi connectivity index (χ1) is 6.91. The van der Waals surface area contributed by atoms with E-state index < -0.39 is 11.0 Å². The highest BCUT2D eigenvalue weighted by molar-refractivity contribution is 7.84. The standard InChI is InChI=1S/C11H18N2OS.H2/c1-9(10-7-5-6-8-12-10)13-15(14)11(2,3)4;/h5-9,13H,1-4H3;1H/t9-,15?;/m0./s1. The molecule has 86 valence electrons. The number of hydrogen-bond donors (Lipinski definition) is 1. The summed E-state index contributed by atoms with van der Waals surface area (Å²) in [5, 5.41) is 0. The monoisotopic (exact) mass is 228 g/mol. The molecule has 1 heterocycles. The zero-order valence-electron chi connectivity index (χ0n) is 9.65. The minimum atomic E-state index is -1.06. The van der Waals surface area contributed by atoms with E-state index in [1.54, 1.807) is 6.20 Å². The highest BCUT2D eigenvalue weighted by Crippen LogP contribution is 2.14. The van der Waals surface area contributed by atoms with Gasteiger partial charge in [0.1, 0.15) is 0 Å². The first-order valence-corrected chi connectivity index (χ1v) is 6.15. The summed E-state index contributed by atoms with van der Waals surface area (Å²) in [6.45, 7) is 7.80. The van der Waals surface area contributed by atoms with E-state index in [0.29, 0.717) is 0 Å². The average Bonchev–Trinajstić information content (AvgIpc) is 2.17. The van der Waals surface area contributed by atoms with Crippen molar-refractivity contribution in [2.45, 2.75) is 38.5 Å². The maximum atomic E-state index is 11.8.